The Balaban J connectivity index is 2.72. The first-order chi connectivity index (χ1) is 9.10. The molecular formula is C13H20ClN3O2. The quantitative estimate of drug-likeness (QED) is 0.349. The molecule has 0 unspecified atom stereocenters. The third-order valence-corrected chi connectivity index (χ3v) is 3.13. The van der Waals surface area contributed by atoms with E-state index in [4.69, 9.17) is 27.3 Å². The van der Waals surface area contributed by atoms with Crippen LogP contribution in [0.25, 0.3) is 0 Å². The van der Waals surface area contributed by atoms with Gasteiger partial charge in [0.25, 0.3) is 0 Å². The lowest BCUT2D eigenvalue weighted by Gasteiger charge is -2.21. The first-order valence-electron chi connectivity index (χ1n) is 6.11. The van der Waals surface area contributed by atoms with E-state index in [2.05, 4.69) is 17.0 Å². The number of amidine groups is 1. The van der Waals surface area contributed by atoms with Gasteiger partial charge in [-0.05, 0) is 24.7 Å². The molecule has 19 heavy (non-hydrogen) atoms. The van der Waals surface area contributed by atoms with Crippen LogP contribution < -0.4 is 10.5 Å². The second-order valence-corrected chi connectivity index (χ2v) is 4.60. The van der Waals surface area contributed by atoms with Gasteiger partial charge in [0.2, 0.25) is 0 Å². The number of oxime groups is 1. The molecule has 0 spiro atoms. The zero-order valence-electron chi connectivity index (χ0n) is 11.3. The minimum Gasteiger partial charge on any atom is -0.496 e. The number of halogens is 1. The van der Waals surface area contributed by atoms with Crippen LogP contribution in [0.15, 0.2) is 23.4 Å². The topological polar surface area (TPSA) is 71.1 Å². The number of ether oxygens (including phenoxy) is 1. The number of benzene rings is 1. The summed E-state index contributed by atoms with van der Waals surface area (Å²) in [5.74, 6) is 1.04. The number of methoxy groups -OCH3 is 1. The van der Waals surface area contributed by atoms with E-state index in [-0.39, 0.29) is 5.84 Å². The van der Waals surface area contributed by atoms with Crippen LogP contribution in [0.4, 0.5) is 0 Å². The number of nitrogens with two attached hydrogens (primary N) is 1. The van der Waals surface area contributed by atoms with Gasteiger partial charge in [-0.2, -0.15) is 0 Å². The van der Waals surface area contributed by atoms with Crippen molar-refractivity contribution in [3.63, 3.8) is 0 Å². The van der Waals surface area contributed by atoms with Gasteiger partial charge in [0.05, 0.1) is 7.11 Å². The van der Waals surface area contributed by atoms with Crippen molar-refractivity contribution in [2.75, 3.05) is 20.2 Å². The Kier molecular flexibility index (Phi) is 6.45. The van der Waals surface area contributed by atoms with Crippen molar-refractivity contribution in [1.29, 1.82) is 0 Å². The van der Waals surface area contributed by atoms with Crippen molar-refractivity contribution < 1.29 is 9.94 Å². The molecule has 0 saturated heterocycles. The Bertz CT molecular complexity index is 438. The fourth-order valence-corrected chi connectivity index (χ4v) is 1.98. The maximum atomic E-state index is 8.54. The molecule has 0 amide bonds. The summed E-state index contributed by atoms with van der Waals surface area (Å²) in [5, 5.41) is 12.2. The van der Waals surface area contributed by atoms with Crippen molar-refractivity contribution in [1.82, 2.24) is 4.90 Å². The predicted molar refractivity (Wildman–Crippen MR) is 77.0 cm³/mol. The van der Waals surface area contributed by atoms with Crippen LogP contribution >= 0.6 is 11.6 Å². The van der Waals surface area contributed by atoms with Gasteiger partial charge in [-0.3, -0.25) is 4.90 Å². The van der Waals surface area contributed by atoms with Crippen molar-refractivity contribution >= 4 is 17.4 Å². The van der Waals surface area contributed by atoms with Gasteiger partial charge in [-0.15, -0.1) is 0 Å². The largest absolute Gasteiger partial charge is 0.496 e. The standard InChI is InChI=1S/C13H20ClN3O2/c1-3-17(7-6-13(15)16-18)9-10-8-11(14)4-5-12(10)19-2/h4-5,8,18H,3,6-7,9H2,1-2H3,(H2,15,16). The Hall–Kier alpha value is -1.46. The molecule has 0 aromatic heterocycles. The van der Waals surface area contributed by atoms with E-state index in [1.165, 1.54) is 0 Å². The minimum absolute atomic E-state index is 0.233. The molecule has 0 aliphatic carbocycles. The van der Waals surface area contributed by atoms with Gasteiger partial charge in [0.15, 0.2) is 0 Å². The van der Waals surface area contributed by atoms with Crippen molar-refractivity contribution in [2.24, 2.45) is 10.9 Å². The van der Waals surface area contributed by atoms with Crippen LogP contribution in [-0.4, -0.2) is 36.1 Å². The van der Waals surface area contributed by atoms with Gasteiger partial charge in [0, 0.05) is 30.1 Å². The number of nitrogens with zero attached hydrogens (tertiary/aromatic N) is 2. The molecule has 0 bridgehead atoms. The molecular weight excluding hydrogens is 266 g/mol. The summed E-state index contributed by atoms with van der Waals surface area (Å²) in [7, 11) is 1.64. The van der Waals surface area contributed by atoms with Gasteiger partial charge < -0.3 is 15.7 Å². The SMILES string of the molecule is CCN(CCC(N)=NO)Cc1cc(Cl)ccc1OC. The van der Waals surface area contributed by atoms with E-state index >= 15 is 0 Å². The van der Waals surface area contributed by atoms with E-state index in [0.29, 0.717) is 24.5 Å². The normalized spacial score (nSPS) is 11.9. The molecule has 0 radical (unpaired) electrons. The van der Waals surface area contributed by atoms with Crippen LogP contribution in [0.2, 0.25) is 5.02 Å². The van der Waals surface area contributed by atoms with E-state index in [1.807, 2.05) is 12.1 Å². The highest BCUT2D eigenvalue weighted by Gasteiger charge is 2.10. The second-order valence-electron chi connectivity index (χ2n) is 4.17. The summed E-state index contributed by atoms with van der Waals surface area (Å²) in [6.07, 6.45) is 0.521. The highest BCUT2D eigenvalue weighted by molar-refractivity contribution is 6.30. The van der Waals surface area contributed by atoms with E-state index in [9.17, 15) is 0 Å². The van der Waals surface area contributed by atoms with Crippen LogP contribution in [0.1, 0.15) is 18.9 Å². The number of hydrogen-bond acceptors (Lipinski definition) is 4. The maximum absolute atomic E-state index is 8.54. The molecule has 0 fully saturated rings. The van der Waals surface area contributed by atoms with Crippen LogP contribution in [0.5, 0.6) is 5.75 Å². The molecule has 0 saturated carbocycles. The zero-order valence-corrected chi connectivity index (χ0v) is 12.0. The molecule has 0 aliphatic heterocycles. The van der Waals surface area contributed by atoms with Gasteiger partial charge in [-0.1, -0.05) is 23.7 Å². The highest BCUT2D eigenvalue weighted by Crippen LogP contribution is 2.24. The molecule has 106 valence electrons. The second kappa shape index (κ2) is 7.86. The Morgan fingerprint density at radius 1 is 1.53 bits per heavy atom. The van der Waals surface area contributed by atoms with Gasteiger partial charge in [0.1, 0.15) is 11.6 Å². The fraction of sp³-hybridized carbons (Fsp3) is 0.462. The fourth-order valence-electron chi connectivity index (χ4n) is 1.78. The molecule has 1 aromatic carbocycles. The molecule has 0 aliphatic rings. The Morgan fingerprint density at radius 2 is 2.26 bits per heavy atom. The lowest BCUT2D eigenvalue weighted by atomic mass is 10.2. The van der Waals surface area contributed by atoms with Gasteiger partial charge in [-0.25, -0.2) is 0 Å². The number of rotatable bonds is 7. The van der Waals surface area contributed by atoms with Crippen LogP contribution in [-0.2, 0) is 6.54 Å². The highest BCUT2D eigenvalue weighted by atomic mass is 35.5. The zero-order chi connectivity index (χ0) is 14.3. The first-order valence-corrected chi connectivity index (χ1v) is 6.49. The van der Waals surface area contributed by atoms with E-state index < -0.39 is 0 Å². The molecule has 6 heteroatoms. The Morgan fingerprint density at radius 3 is 2.84 bits per heavy atom. The molecule has 1 rings (SSSR count). The van der Waals surface area contributed by atoms with Gasteiger partial charge >= 0.3 is 0 Å². The van der Waals surface area contributed by atoms with Crippen molar-refractivity contribution in [3.05, 3.63) is 28.8 Å². The summed E-state index contributed by atoms with van der Waals surface area (Å²) in [6, 6.07) is 5.55. The lowest BCUT2D eigenvalue weighted by molar-refractivity contribution is 0.278. The van der Waals surface area contributed by atoms with E-state index in [0.717, 1.165) is 17.9 Å². The molecule has 0 atom stereocenters. The minimum atomic E-state index is 0.233. The van der Waals surface area contributed by atoms with Crippen molar-refractivity contribution in [2.45, 2.75) is 19.9 Å². The molecule has 5 nitrogen and oxygen atoms in total. The summed E-state index contributed by atoms with van der Waals surface area (Å²) in [5.41, 5.74) is 6.50. The average Bonchev–Trinajstić information content (AvgIpc) is 2.43. The summed E-state index contributed by atoms with van der Waals surface area (Å²) in [6.45, 7) is 4.33. The monoisotopic (exact) mass is 285 g/mol. The van der Waals surface area contributed by atoms with E-state index in [1.54, 1.807) is 13.2 Å². The van der Waals surface area contributed by atoms with Crippen molar-refractivity contribution in [3.8, 4) is 5.75 Å². The number of hydrogen-bond donors (Lipinski definition) is 2. The molecule has 1 aromatic rings. The Labute approximate surface area is 118 Å². The smallest absolute Gasteiger partial charge is 0.140 e. The summed E-state index contributed by atoms with van der Waals surface area (Å²) in [4.78, 5) is 2.17. The lowest BCUT2D eigenvalue weighted by Crippen LogP contribution is -2.28. The third-order valence-electron chi connectivity index (χ3n) is 2.90. The molecule has 0 heterocycles. The summed E-state index contributed by atoms with van der Waals surface area (Å²) >= 11 is 6.00. The van der Waals surface area contributed by atoms with Crippen LogP contribution in [0, 0.1) is 0 Å². The summed E-state index contributed by atoms with van der Waals surface area (Å²) < 4.78 is 5.32. The maximum Gasteiger partial charge on any atom is 0.140 e. The third kappa shape index (κ3) is 4.96. The first kappa shape index (κ1) is 15.6. The molecule has 3 N–H and O–H groups in total. The van der Waals surface area contributed by atoms with Crippen LogP contribution in [0.3, 0.4) is 0 Å². The predicted octanol–water partition coefficient (Wildman–Crippen LogP) is 2.31. The average molecular weight is 286 g/mol.